The molecule has 0 bridgehead atoms. The minimum absolute atomic E-state index is 0.179. The molecular weight excluding hydrogens is 407 g/mol. The van der Waals surface area contributed by atoms with Crippen molar-refractivity contribution in [2.24, 2.45) is 7.05 Å². The maximum atomic E-state index is 14.6. The molecular formula is C17H14BrFN4O3. The number of benzene rings is 1. The zero-order valence-corrected chi connectivity index (χ0v) is 15.3. The van der Waals surface area contributed by atoms with E-state index < -0.39 is 23.7 Å². The number of piperidine rings is 1. The second-order valence-corrected chi connectivity index (χ2v) is 7.11. The van der Waals surface area contributed by atoms with Crippen molar-refractivity contribution >= 4 is 33.7 Å². The van der Waals surface area contributed by atoms with Crippen molar-refractivity contribution in [3.63, 3.8) is 0 Å². The van der Waals surface area contributed by atoms with E-state index in [0.717, 1.165) is 0 Å². The topological polar surface area (TPSA) is 84.3 Å². The maximum absolute atomic E-state index is 14.6. The number of aromatic nitrogens is 2. The predicted molar refractivity (Wildman–Crippen MR) is 92.3 cm³/mol. The highest BCUT2D eigenvalue weighted by Crippen LogP contribution is 2.35. The molecule has 1 N–H and O–H groups in total. The van der Waals surface area contributed by atoms with Crippen molar-refractivity contribution < 1.29 is 18.8 Å². The van der Waals surface area contributed by atoms with Gasteiger partial charge in [0, 0.05) is 36.7 Å². The summed E-state index contributed by atoms with van der Waals surface area (Å²) in [4.78, 5) is 37.4. The molecule has 1 saturated heterocycles. The Morgan fingerprint density at radius 1 is 1.23 bits per heavy atom. The molecule has 1 aromatic carbocycles. The quantitative estimate of drug-likeness (QED) is 0.750. The number of imide groups is 1. The lowest BCUT2D eigenvalue weighted by Crippen LogP contribution is -2.52. The molecule has 1 fully saturated rings. The largest absolute Gasteiger partial charge is 0.322 e. The zero-order chi connectivity index (χ0) is 18.6. The summed E-state index contributed by atoms with van der Waals surface area (Å²) in [6.07, 6.45) is 2.00. The van der Waals surface area contributed by atoms with Crippen LogP contribution in [0.3, 0.4) is 0 Å². The number of carbonyl (C=O) groups excluding carboxylic acids is 3. The van der Waals surface area contributed by atoms with Crippen molar-refractivity contribution in [1.82, 2.24) is 20.0 Å². The summed E-state index contributed by atoms with van der Waals surface area (Å²) in [5.41, 5.74) is 1.81. The van der Waals surface area contributed by atoms with Gasteiger partial charge in [-0.2, -0.15) is 5.10 Å². The number of hydrogen-bond donors (Lipinski definition) is 1. The molecule has 1 aromatic heterocycles. The number of nitrogens with zero attached hydrogens (tertiary/aromatic N) is 3. The van der Waals surface area contributed by atoms with Crippen LogP contribution in [0.1, 0.15) is 28.8 Å². The van der Waals surface area contributed by atoms with Gasteiger partial charge in [-0.15, -0.1) is 0 Å². The summed E-state index contributed by atoms with van der Waals surface area (Å²) < 4.78 is 16.8. The fourth-order valence-electron chi connectivity index (χ4n) is 3.40. The first-order chi connectivity index (χ1) is 12.4. The Kier molecular flexibility index (Phi) is 3.91. The lowest BCUT2D eigenvalue weighted by molar-refractivity contribution is -0.136. The molecule has 2 aromatic rings. The molecule has 0 spiro atoms. The van der Waals surface area contributed by atoms with Crippen LogP contribution < -0.4 is 5.32 Å². The van der Waals surface area contributed by atoms with E-state index in [2.05, 4.69) is 26.3 Å². The lowest BCUT2D eigenvalue weighted by Gasteiger charge is -2.29. The van der Waals surface area contributed by atoms with Crippen LogP contribution in [0.15, 0.2) is 22.9 Å². The Labute approximate surface area is 156 Å². The Morgan fingerprint density at radius 2 is 2.00 bits per heavy atom. The number of aryl methyl sites for hydroxylation is 1. The average molecular weight is 421 g/mol. The first kappa shape index (κ1) is 16.9. The number of amides is 3. The summed E-state index contributed by atoms with van der Waals surface area (Å²) in [6, 6.07) is 2.11. The van der Waals surface area contributed by atoms with Crippen LogP contribution in [0.2, 0.25) is 0 Å². The molecule has 7 nitrogen and oxygen atoms in total. The van der Waals surface area contributed by atoms with E-state index in [1.165, 1.54) is 11.0 Å². The van der Waals surface area contributed by atoms with E-state index in [4.69, 9.17) is 0 Å². The minimum atomic E-state index is -0.718. The van der Waals surface area contributed by atoms with Crippen LogP contribution in [0.5, 0.6) is 0 Å². The van der Waals surface area contributed by atoms with Crippen molar-refractivity contribution in [3.05, 3.63) is 39.9 Å². The molecule has 2 aliphatic heterocycles. The molecule has 4 rings (SSSR count). The van der Waals surface area contributed by atoms with Crippen LogP contribution in [0.4, 0.5) is 4.39 Å². The molecule has 134 valence electrons. The zero-order valence-electron chi connectivity index (χ0n) is 13.8. The van der Waals surface area contributed by atoms with Crippen LogP contribution in [-0.4, -0.2) is 38.4 Å². The van der Waals surface area contributed by atoms with E-state index in [1.54, 1.807) is 24.0 Å². The molecule has 0 aliphatic carbocycles. The van der Waals surface area contributed by atoms with Gasteiger partial charge in [0.2, 0.25) is 11.8 Å². The normalized spacial score (nSPS) is 19.7. The Balaban J connectivity index is 1.70. The summed E-state index contributed by atoms with van der Waals surface area (Å²) in [6.45, 7) is 0.200. The Hall–Kier alpha value is -2.55. The highest BCUT2D eigenvalue weighted by molar-refractivity contribution is 9.10. The van der Waals surface area contributed by atoms with Crippen LogP contribution in [0.25, 0.3) is 11.1 Å². The molecule has 3 heterocycles. The number of hydrogen-bond acceptors (Lipinski definition) is 4. The summed E-state index contributed by atoms with van der Waals surface area (Å²) in [5.74, 6) is -1.76. The number of carbonyl (C=O) groups is 3. The van der Waals surface area contributed by atoms with Gasteiger partial charge in [0.1, 0.15) is 16.5 Å². The predicted octanol–water partition coefficient (Wildman–Crippen LogP) is 1.75. The van der Waals surface area contributed by atoms with Crippen LogP contribution in [0, 0.1) is 5.82 Å². The van der Waals surface area contributed by atoms with E-state index in [0.29, 0.717) is 21.3 Å². The highest BCUT2D eigenvalue weighted by atomic mass is 79.9. The van der Waals surface area contributed by atoms with E-state index in [9.17, 15) is 18.8 Å². The van der Waals surface area contributed by atoms with Crippen molar-refractivity contribution in [2.75, 3.05) is 0 Å². The molecule has 0 saturated carbocycles. The highest BCUT2D eigenvalue weighted by Gasteiger charge is 2.39. The van der Waals surface area contributed by atoms with Crippen molar-refractivity contribution in [3.8, 4) is 11.1 Å². The van der Waals surface area contributed by atoms with Crippen molar-refractivity contribution in [1.29, 1.82) is 0 Å². The second-order valence-electron chi connectivity index (χ2n) is 6.36. The van der Waals surface area contributed by atoms with E-state index >= 15 is 0 Å². The standard InChI is InChI=1S/C17H14BrFN4O3/c1-22-15(18)11(6-20-22)10-4-8-7-23(17(26)9(8)5-12(10)19)13-2-3-14(24)21-16(13)25/h4-6,13H,2-3,7H2,1H3,(H,21,24,25). The lowest BCUT2D eigenvalue weighted by atomic mass is 10.0. The number of halogens is 2. The molecule has 1 unspecified atom stereocenters. The fraction of sp³-hybridized carbons (Fsp3) is 0.294. The van der Waals surface area contributed by atoms with Gasteiger partial charge in [0.25, 0.3) is 5.91 Å². The Morgan fingerprint density at radius 3 is 2.65 bits per heavy atom. The molecule has 0 radical (unpaired) electrons. The molecule has 26 heavy (non-hydrogen) atoms. The summed E-state index contributed by atoms with van der Waals surface area (Å²) in [7, 11) is 1.73. The third-order valence-electron chi connectivity index (χ3n) is 4.77. The van der Waals surface area contributed by atoms with Gasteiger partial charge >= 0.3 is 0 Å². The first-order valence-electron chi connectivity index (χ1n) is 8.01. The van der Waals surface area contributed by atoms with Gasteiger partial charge in [0.15, 0.2) is 0 Å². The monoisotopic (exact) mass is 420 g/mol. The molecule has 2 aliphatic rings. The van der Waals surface area contributed by atoms with Gasteiger partial charge in [-0.1, -0.05) is 0 Å². The summed E-state index contributed by atoms with van der Waals surface area (Å²) >= 11 is 3.37. The van der Waals surface area contributed by atoms with E-state index in [-0.39, 0.29) is 30.9 Å². The first-order valence-corrected chi connectivity index (χ1v) is 8.81. The minimum Gasteiger partial charge on any atom is -0.322 e. The number of rotatable bonds is 2. The van der Waals surface area contributed by atoms with Gasteiger partial charge in [-0.3, -0.25) is 24.4 Å². The third kappa shape index (κ3) is 2.54. The van der Waals surface area contributed by atoms with Crippen LogP contribution >= 0.6 is 15.9 Å². The average Bonchev–Trinajstić information content (AvgIpc) is 3.08. The van der Waals surface area contributed by atoms with Gasteiger partial charge in [-0.25, -0.2) is 4.39 Å². The SMILES string of the molecule is Cn1ncc(-c2cc3c(cc2F)C(=O)N(C2CCC(=O)NC2=O)C3)c1Br. The second kappa shape index (κ2) is 6.01. The third-order valence-corrected chi connectivity index (χ3v) is 5.71. The van der Waals surface area contributed by atoms with Gasteiger partial charge < -0.3 is 4.90 Å². The summed E-state index contributed by atoms with van der Waals surface area (Å²) in [5, 5.41) is 6.34. The van der Waals surface area contributed by atoms with Gasteiger partial charge in [-0.05, 0) is 40.0 Å². The molecule has 1 atom stereocenters. The Bertz CT molecular complexity index is 971. The van der Waals surface area contributed by atoms with Crippen molar-refractivity contribution in [2.45, 2.75) is 25.4 Å². The number of nitrogens with one attached hydrogen (secondary N) is 1. The fourth-order valence-corrected chi connectivity index (χ4v) is 3.81. The molecule has 3 amide bonds. The van der Waals surface area contributed by atoms with E-state index in [1.807, 2.05) is 0 Å². The van der Waals surface area contributed by atoms with Crippen LogP contribution in [-0.2, 0) is 23.2 Å². The maximum Gasteiger partial charge on any atom is 0.255 e. The molecule has 9 heteroatoms. The number of fused-ring (bicyclic) bond motifs is 1. The van der Waals surface area contributed by atoms with Gasteiger partial charge in [0.05, 0.1) is 6.20 Å². The smallest absolute Gasteiger partial charge is 0.255 e.